The third-order valence-corrected chi connectivity index (χ3v) is 5.43. The Morgan fingerprint density at radius 2 is 1.69 bits per heavy atom. The molecular formula is C21H24FN5O2. The highest BCUT2D eigenvalue weighted by Gasteiger charge is 2.22. The molecule has 0 aliphatic heterocycles. The predicted octanol–water partition coefficient (Wildman–Crippen LogP) is 2.61. The summed E-state index contributed by atoms with van der Waals surface area (Å²) in [5.41, 5.74) is 2.55. The zero-order valence-corrected chi connectivity index (χ0v) is 17.2. The molecule has 0 bridgehead atoms. The van der Waals surface area contributed by atoms with Gasteiger partial charge in [-0.05, 0) is 37.5 Å². The van der Waals surface area contributed by atoms with Crippen LogP contribution in [-0.2, 0) is 20.1 Å². The normalized spacial score (nSPS) is 12.0. The van der Waals surface area contributed by atoms with Crippen molar-refractivity contribution < 1.29 is 4.39 Å². The average molecular weight is 397 g/mol. The number of aryl methyl sites for hydroxylation is 2. The summed E-state index contributed by atoms with van der Waals surface area (Å²) in [6.07, 6.45) is 0. The molecule has 152 valence electrons. The smallest absolute Gasteiger partial charge is 0.314 e. The molecule has 0 saturated carbocycles. The molecule has 0 saturated heterocycles. The summed E-state index contributed by atoms with van der Waals surface area (Å²) in [5.74, 6) is 0.706. The molecule has 0 aliphatic carbocycles. The van der Waals surface area contributed by atoms with Crippen LogP contribution in [0.3, 0.4) is 0 Å². The van der Waals surface area contributed by atoms with Crippen LogP contribution in [0.1, 0.15) is 30.8 Å². The van der Waals surface area contributed by atoms with Crippen LogP contribution in [0.5, 0.6) is 0 Å². The maximum absolute atomic E-state index is 13.3. The molecule has 4 aromatic rings. The van der Waals surface area contributed by atoms with Gasteiger partial charge in [0.05, 0.1) is 6.54 Å². The molecule has 3 heterocycles. The minimum Gasteiger partial charge on any atom is -0.314 e. The lowest BCUT2D eigenvalue weighted by Gasteiger charge is -2.09. The molecule has 0 unspecified atom stereocenters. The number of aromatic nitrogens is 5. The highest BCUT2D eigenvalue weighted by Crippen LogP contribution is 2.21. The molecule has 0 atom stereocenters. The number of hydrogen-bond donors (Lipinski definition) is 0. The Labute approximate surface area is 166 Å². The van der Waals surface area contributed by atoms with Gasteiger partial charge < -0.3 is 4.57 Å². The van der Waals surface area contributed by atoms with Gasteiger partial charge in [-0.25, -0.2) is 9.18 Å². The lowest BCUT2D eigenvalue weighted by atomic mass is 10.2. The van der Waals surface area contributed by atoms with E-state index in [9.17, 15) is 14.0 Å². The van der Waals surface area contributed by atoms with E-state index in [0.717, 1.165) is 17.9 Å². The summed E-state index contributed by atoms with van der Waals surface area (Å²) in [7, 11) is 1.62. The summed E-state index contributed by atoms with van der Waals surface area (Å²) in [4.78, 5) is 30.9. The second-order valence-corrected chi connectivity index (χ2v) is 7.95. The Bertz CT molecular complexity index is 1350. The monoisotopic (exact) mass is 397 g/mol. The van der Waals surface area contributed by atoms with Crippen LogP contribution in [0.25, 0.3) is 16.9 Å². The summed E-state index contributed by atoms with van der Waals surface area (Å²) in [6, 6.07) is 5.79. The molecule has 8 heteroatoms. The lowest BCUT2D eigenvalue weighted by molar-refractivity contribution is 0.524. The van der Waals surface area contributed by atoms with Crippen molar-refractivity contribution in [2.45, 2.75) is 40.8 Å². The molecule has 4 rings (SSSR count). The summed E-state index contributed by atoms with van der Waals surface area (Å²) < 4.78 is 19.7. The molecule has 0 N–H and O–H groups in total. The molecule has 29 heavy (non-hydrogen) atoms. The van der Waals surface area contributed by atoms with Crippen molar-refractivity contribution in [2.24, 2.45) is 13.0 Å². The van der Waals surface area contributed by atoms with Gasteiger partial charge in [0.1, 0.15) is 5.82 Å². The third kappa shape index (κ3) is 2.90. The van der Waals surface area contributed by atoms with Crippen LogP contribution < -0.4 is 11.2 Å². The molecule has 0 radical (unpaired) electrons. The number of imidazole rings is 2. The van der Waals surface area contributed by atoms with Gasteiger partial charge in [-0.1, -0.05) is 26.0 Å². The molecule has 1 aromatic carbocycles. The van der Waals surface area contributed by atoms with Crippen LogP contribution >= 0.6 is 0 Å². The van der Waals surface area contributed by atoms with Crippen LogP contribution in [-0.4, -0.2) is 23.1 Å². The molecule has 3 aromatic heterocycles. The van der Waals surface area contributed by atoms with Crippen molar-refractivity contribution >= 4 is 16.9 Å². The molecule has 0 aliphatic rings. The highest BCUT2D eigenvalue weighted by molar-refractivity contribution is 5.76. The van der Waals surface area contributed by atoms with Crippen LogP contribution in [0.2, 0.25) is 0 Å². The van der Waals surface area contributed by atoms with E-state index in [1.807, 2.05) is 18.2 Å². The van der Waals surface area contributed by atoms with Crippen molar-refractivity contribution in [1.82, 2.24) is 23.1 Å². The molecular weight excluding hydrogens is 373 g/mol. The fourth-order valence-electron chi connectivity index (χ4n) is 3.81. The van der Waals surface area contributed by atoms with E-state index in [1.54, 1.807) is 19.2 Å². The first kappa shape index (κ1) is 19.2. The van der Waals surface area contributed by atoms with Crippen molar-refractivity contribution in [1.29, 1.82) is 0 Å². The van der Waals surface area contributed by atoms with Crippen LogP contribution in [0, 0.1) is 25.6 Å². The van der Waals surface area contributed by atoms with Gasteiger partial charge in [0.2, 0.25) is 5.78 Å². The number of benzene rings is 1. The van der Waals surface area contributed by atoms with Gasteiger partial charge in [-0.2, -0.15) is 4.98 Å². The van der Waals surface area contributed by atoms with E-state index >= 15 is 0 Å². The molecule has 0 amide bonds. The van der Waals surface area contributed by atoms with E-state index < -0.39 is 11.2 Å². The largest absolute Gasteiger partial charge is 0.332 e. The van der Waals surface area contributed by atoms with Crippen LogP contribution in [0.4, 0.5) is 4.39 Å². The second-order valence-electron chi connectivity index (χ2n) is 7.95. The number of fused-ring (bicyclic) bond motifs is 3. The quantitative estimate of drug-likeness (QED) is 0.532. The summed E-state index contributed by atoms with van der Waals surface area (Å²) in [5, 5.41) is 0. The SMILES string of the molecule is Cc1c(C)n2c3c(=O)n(Cc4ccc(F)cc4)c(=O)n(C)c3nc2n1CC(C)C. The first-order chi connectivity index (χ1) is 13.7. The van der Waals surface area contributed by atoms with Crippen molar-refractivity contribution in [3.8, 4) is 0 Å². The Morgan fingerprint density at radius 3 is 2.31 bits per heavy atom. The Morgan fingerprint density at radius 1 is 1.03 bits per heavy atom. The average Bonchev–Trinajstić information content (AvgIpc) is 3.17. The molecule has 0 spiro atoms. The second kappa shape index (κ2) is 6.72. The van der Waals surface area contributed by atoms with Crippen molar-refractivity contribution in [3.63, 3.8) is 0 Å². The van der Waals surface area contributed by atoms with E-state index in [4.69, 9.17) is 0 Å². The zero-order chi connectivity index (χ0) is 21.0. The van der Waals surface area contributed by atoms with Crippen molar-refractivity contribution in [2.75, 3.05) is 0 Å². The first-order valence-electron chi connectivity index (χ1n) is 9.62. The van der Waals surface area contributed by atoms with Gasteiger partial charge in [0, 0.05) is 25.0 Å². The zero-order valence-electron chi connectivity index (χ0n) is 17.2. The fraction of sp³-hybridized carbons (Fsp3) is 0.381. The predicted molar refractivity (Wildman–Crippen MR) is 110 cm³/mol. The standard InChI is InChI=1S/C21H24FN5O2/c1-12(2)10-25-13(3)14(4)27-17-18(23-20(25)27)24(5)21(29)26(19(17)28)11-15-6-8-16(22)9-7-15/h6-9,12H,10-11H2,1-5H3. The highest BCUT2D eigenvalue weighted by atomic mass is 19.1. The fourth-order valence-corrected chi connectivity index (χ4v) is 3.81. The third-order valence-electron chi connectivity index (χ3n) is 5.43. The minimum atomic E-state index is -0.447. The maximum atomic E-state index is 13.3. The Hall–Kier alpha value is -3.16. The number of halogens is 1. The van der Waals surface area contributed by atoms with E-state index in [-0.39, 0.29) is 12.4 Å². The Kier molecular flexibility index (Phi) is 4.44. The van der Waals surface area contributed by atoms with E-state index in [2.05, 4.69) is 23.4 Å². The van der Waals surface area contributed by atoms with Crippen molar-refractivity contribution in [3.05, 3.63) is 67.9 Å². The van der Waals surface area contributed by atoms with Crippen LogP contribution in [0.15, 0.2) is 33.9 Å². The number of hydrogen-bond acceptors (Lipinski definition) is 3. The van der Waals surface area contributed by atoms with Gasteiger partial charge in [-0.15, -0.1) is 0 Å². The number of rotatable bonds is 4. The van der Waals surface area contributed by atoms with Gasteiger partial charge in [0.15, 0.2) is 11.2 Å². The Balaban J connectivity index is 2.03. The van der Waals surface area contributed by atoms with Gasteiger partial charge >= 0.3 is 5.69 Å². The summed E-state index contributed by atoms with van der Waals surface area (Å²) >= 11 is 0. The molecule has 7 nitrogen and oxygen atoms in total. The minimum absolute atomic E-state index is 0.0691. The lowest BCUT2D eigenvalue weighted by Crippen LogP contribution is -2.39. The topological polar surface area (TPSA) is 66.2 Å². The molecule has 0 fully saturated rings. The van der Waals surface area contributed by atoms with E-state index in [1.165, 1.54) is 21.3 Å². The number of nitrogens with zero attached hydrogens (tertiary/aromatic N) is 5. The van der Waals surface area contributed by atoms with E-state index in [0.29, 0.717) is 28.4 Å². The first-order valence-corrected chi connectivity index (χ1v) is 9.62. The van der Waals surface area contributed by atoms with Gasteiger partial charge in [0.25, 0.3) is 5.56 Å². The van der Waals surface area contributed by atoms with Gasteiger partial charge in [-0.3, -0.25) is 18.3 Å². The summed E-state index contributed by atoms with van der Waals surface area (Å²) in [6.45, 7) is 9.05. The maximum Gasteiger partial charge on any atom is 0.332 e.